The van der Waals surface area contributed by atoms with Gasteiger partial charge in [0, 0.05) is 41.9 Å². The maximum absolute atomic E-state index is 12.3. The highest BCUT2D eigenvalue weighted by Crippen LogP contribution is 2.20. The summed E-state index contributed by atoms with van der Waals surface area (Å²) in [6.45, 7) is 6.04. The van der Waals surface area contributed by atoms with Crippen LogP contribution in [0.2, 0.25) is 0 Å². The molecule has 1 aliphatic heterocycles. The molecule has 1 aromatic carbocycles. The Balaban J connectivity index is 1.38. The van der Waals surface area contributed by atoms with Crippen LogP contribution in [0.3, 0.4) is 0 Å². The Labute approximate surface area is 147 Å². The van der Waals surface area contributed by atoms with Crippen molar-refractivity contribution in [1.82, 2.24) is 19.7 Å². The summed E-state index contributed by atoms with van der Waals surface area (Å²) < 4.78 is 2.07. The summed E-state index contributed by atoms with van der Waals surface area (Å²) in [5, 5.41) is 5.16. The molecule has 0 bridgehead atoms. The molecule has 1 fully saturated rings. The van der Waals surface area contributed by atoms with E-state index in [-0.39, 0.29) is 5.43 Å². The Hall–Kier alpha value is -2.40. The number of aromatic nitrogens is 3. The second kappa shape index (κ2) is 6.84. The summed E-state index contributed by atoms with van der Waals surface area (Å²) in [5.41, 5.74) is 3.25. The second-order valence-electron chi connectivity index (χ2n) is 7.16. The van der Waals surface area contributed by atoms with Crippen LogP contribution in [0, 0.1) is 12.8 Å². The van der Waals surface area contributed by atoms with Crippen molar-refractivity contribution >= 4 is 10.9 Å². The number of pyridine rings is 1. The molecular weight excluding hydrogens is 312 g/mol. The number of nitrogens with zero attached hydrogens (tertiary/aromatic N) is 3. The molecule has 5 heteroatoms. The van der Waals surface area contributed by atoms with Gasteiger partial charge in [0.1, 0.15) is 0 Å². The van der Waals surface area contributed by atoms with Crippen molar-refractivity contribution in [3.63, 3.8) is 0 Å². The molecule has 1 N–H and O–H groups in total. The van der Waals surface area contributed by atoms with E-state index in [2.05, 4.69) is 32.8 Å². The van der Waals surface area contributed by atoms with Crippen molar-refractivity contribution in [3.05, 3.63) is 64.2 Å². The van der Waals surface area contributed by atoms with Crippen LogP contribution in [0.15, 0.2) is 47.5 Å². The fourth-order valence-electron chi connectivity index (χ4n) is 3.74. The molecule has 3 heterocycles. The van der Waals surface area contributed by atoms with Gasteiger partial charge in [-0.1, -0.05) is 12.1 Å². The predicted molar refractivity (Wildman–Crippen MR) is 99.5 cm³/mol. The first kappa shape index (κ1) is 16.1. The molecule has 130 valence electrons. The van der Waals surface area contributed by atoms with Crippen molar-refractivity contribution in [2.45, 2.75) is 32.9 Å². The molecule has 0 atom stereocenters. The van der Waals surface area contributed by atoms with Crippen LogP contribution >= 0.6 is 0 Å². The average Bonchev–Trinajstić information content (AvgIpc) is 3.02. The predicted octanol–water partition coefficient (Wildman–Crippen LogP) is 2.95. The van der Waals surface area contributed by atoms with E-state index in [4.69, 9.17) is 0 Å². The minimum atomic E-state index is 0.105. The van der Waals surface area contributed by atoms with E-state index in [1.165, 1.54) is 18.4 Å². The van der Waals surface area contributed by atoms with E-state index in [9.17, 15) is 4.79 Å². The zero-order chi connectivity index (χ0) is 17.2. The van der Waals surface area contributed by atoms with Crippen LogP contribution in [-0.2, 0) is 13.1 Å². The fourth-order valence-corrected chi connectivity index (χ4v) is 3.74. The summed E-state index contributed by atoms with van der Waals surface area (Å²) in [4.78, 5) is 18.1. The van der Waals surface area contributed by atoms with E-state index in [0.29, 0.717) is 5.92 Å². The van der Waals surface area contributed by atoms with E-state index >= 15 is 0 Å². The highest BCUT2D eigenvalue weighted by Gasteiger charge is 2.20. The van der Waals surface area contributed by atoms with Gasteiger partial charge in [0.05, 0.1) is 6.20 Å². The Kier molecular flexibility index (Phi) is 4.40. The highest BCUT2D eigenvalue weighted by molar-refractivity contribution is 5.78. The van der Waals surface area contributed by atoms with Crippen LogP contribution in [0.25, 0.3) is 10.9 Å². The van der Waals surface area contributed by atoms with Crippen LogP contribution in [0.4, 0.5) is 0 Å². The first-order valence-electron chi connectivity index (χ1n) is 9.00. The van der Waals surface area contributed by atoms with Crippen molar-refractivity contribution in [2.75, 3.05) is 13.1 Å². The summed E-state index contributed by atoms with van der Waals surface area (Å²) >= 11 is 0. The Morgan fingerprint density at radius 3 is 2.80 bits per heavy atom. The number of hydrogen-bond donors (Lipinski definition) is 1. The SMILES string of the molecule is Cc1cnn(CC2CCN(Cc3cc(=O)c4ccccc4[nH]3)CC2)c1. The Morgan fingerprint density at radius 1 is 1.24 bits per heavy atom. The van der Waals surface area contributed by atoms with E-state index in [0.717, 1.165) is 42.8 Å². The number of hydrogen-bond acceptors (Lipinski definition) is 3. The number of piperidine rings is 1. The smallest absolute Gasteiger partial charge is 0.189 e. The van der Waals surface area contributed by atoms with Crippen LogP contribution in [0.5, 0.6) is 0 Å². The van der Waals surface area contributed by atoms with Gasteiger partial charge in [0.25, 0.3) is 0 Å². The number of H-pyrrole nitrogens is 1. The quantitative estimate of drug-likeness (QED) is 0.797. The second-order valence-corrected chi connectivity index (χ2v) is 7.16. The first-order chi connectivity index (χ1) is 12.2. The molecule has 0 amide bonds. The van der Waals surface area contributed by atoms with Gasteiger partial charge in [-0.3, -0.25) is 14.4 Å². The molecule has 2 aromatic heterocycles. The molecule has 1 saturated heterocycles. The number of fused-ring (bicyclic) bond motifs is 1. The third-order valence-corrected chi connectivity index (χ3v) is 5.10. The van der Waals surface area contributed by atoms with Gasteiger partial charge in [0.2, 0.25) is 0 Å². The number of para-hydroxylation sites is 1. The number of benzene rings is 1. The maximum Gasteiger partial charge on any atom is 0.189 e. The number of nitrogens with one attached hydrogen (secondary N) is 1. The van der Waals surface area contributed by atoms with E-state index in [1.807, 2.05) is 30.5 Å². The molecular formula is C20H24N4O. The van der Waals surface area contributed by atoms with Crippen molar-refractivity contribution in [1.29, 1.82) is 0 Å². The van der Waals surface area contributed by atoms with Crippen LogP contribution in [-0.4, -0.2) is 32.8 Å². The molecule has 0 aliphatic carbocycles. The number of likely N-dealkylation sites (tertiary alicyclic amines) is 1. The lowest BCUT2D eigenvalue weighted by molar-refractivity contribution is 0.163. The highest BCUT2D eigenvalue weighted by atomic mass is 16.1. The fraction of sp³-hybridized carbons (Fsp3) is 0.400. The summed E-state index contributed by atoms with van der Waals surface area (Å²) in [6, 6.07) is 9.47. The third kappa shape index (κ3) is 3.66. The van der Waals surface area contributed by atoms with Gasteiger partial charge in [-0.25, -0.2) is 0 Å². The minimum Gasteiger partial charge on any atom is -0.357 e. The number of rotatable bonds is 4. The zero-order valence-electron chi connectivity index (χ0n) is 14.6. The van der Waals surface area contributed by atoms with Gasteiger partial charge in [0.15, 0.2) is 5.43 Å². The molecule has 25 heavy (non-hydrogen) atoms. The molecule has 0 spiro atoms. The molecule has 1 aliphatic rings. The van der Waals surface area contributed by atoms with Crippen molar-refractivity contribution in [2.24, 2.45) is 5.92 Å². The van der Waals surface area contributed by atoms with Crippen LogP contribution in [0.1, 0.15) is 24.1 Å². The Morgan fingerprint density at radius 2 is 2.04 bits per heavy atom. The van der Waals surface area contributed by atoms with Gasteiger partial charge >= 0.3 is 0 Å². The van der Waals surface area contributed by atoms with Crippen LogP contribution < -0.4 is 5.43 Å². The van der Waals surface area contributed by atoms with Gasteiger partial charge < -0.3 is 4.98 Å². The largest absolute Gasteiger partial charge is 0.357 e. The third-order valence-electron chi connectivity index (χ3n) is 5.10. The summed E-state index contributed by atoms with van der Waals surface area (Å²) in [5.74, 6) is 0.686. The standard InChI is InChI=1S/C20H24N4O/c1-15-11-21-24(12-15)13-16-6-8-23(9-7-16)14-17-10-20(25)18-4-2-3-5-19(18)22-17/h2-5,10-12,16H,6-9,13-14H2,1H3,(H,22,25). The summed E-state index contributed by atoms with van der Waals surface area (Å²) in [7, 11) is 0. The molecule has 5 nitrogen and oxygen atoms in total. The average molecular weight is 336 g/mol. The first-order valence-corrected chi connectivity index (χ1v) is 9.00. The molecule has 0 saturated carbocycles. The van der Waals surface area contributed by atoms with Crippen molar-refractivity contribution < 1.29 is 0 Å². The van der Waals surface area contributed by atoms with Gasteiger partial charge in [-0.15, -0.1) is 0 Å². The lowest BCUT2D eigenvalue weighted by Crippen LogP contribution is -2.35. The van der Waals surface area contributed by atoms with E-state index < -0.39 is 0 Å². The normalized spacial score (nSPS) is 16.5. The molecule has 4 rings (SSSR count). The van der Waals surface area contributed by atoms with Crippen molar-refractivity contribution in [3.8, 4) is 0 Å². The van der Waals surface area contributed by atoms with Gasteiger partial charge in [-0.2, -0.15) is 5.10 Å². The topological polar surface area (TPSA) is 53.9 Å². The lowest BCUT2D eigenvalue weighted by atomic mass is 9.96. The molecule has 0 unspecified atom stereocenters. The number of aromatic amines is 1. The molecule has 0 radical (unpaired) electrons. The Bertz CT molecular complexity index is 919. The summed E-state index contributed by atoms with van der Waals surface area (Å²) in [6.07, 6.45) is 6.39. The number of aryl methyl sites for hydroxylation is 1. The molecule has 3 aromatic rings. The van der Waals surface area contributed by atoms with E-state index in [1.54, 1.807) is 6.07 Å². The lowest BCUT2D eigenvalue weighted by Gasteiger charge is -2.31. The minimum absolute atomic E-state index is 0.105. The maximum atomic E-state index is 12.3. The monoisotopic (exact) mass is 336 g/mol. The zero-order valence-corrected chi connectivity index (χ0v) is 14.6. The van der Waals surface area contributed by atoms with Gasteiger partial charge in [-0.05, 0) is 56.5 Å².